The van der Waals surface area contributed by atoms with E-state index in [1.54, 1.807) is 0 Å². The smallest absolute Gasteiger partial charge is 0.333 e. The van der Waals surface area contributed by atoms with E-state index in [9.17, 15) is 4.79 Å². The van der Waals surface area contributed by atoms with Gasteiger partial charge in [-0.25, -0.2) is 4.79 Å². The summed E-state index contributed by atoms with van der Waals surface area (Å²) in [5.74, 6) is 2.48. The number of carbonyl (C=O) groups is 1. The average molecular weight is 314 g/mol. The minimum Gasteiger partial charge on any atom is -0.466 e. The average Bonchev–Trinajstić information content (AvgIpc) is 2.95. The summed E-state index contributed by atoms with van der Waals surface area (Å²) >= 11 is 0. The molecule has 4 aliphatic rings. The Morgan fingerprint density at radius 3 is 2.78 bits per heavy atom. The van der Waals surface area contributed by atoms with Crippen molar-refractivity contribution in [3.8, 4) is 0 Å². The fraction of sp³-hybridized carbons (Fsp3) is 0.762. The minimum absolute atomic E-state index is 0.137. The Morgan fingerprint density at radius 1 is 1.17 bits per heavy atom. The molecule has 0 saturated heterocycles. The van der Waals surface area contributed by atoms with Gasteiger partial charge in [-0.05, 0) is 85.2 Å². The first kappa shape index (κ1) is 15.5. The molecular weight excluding hydrogens is 284 g/mol. The fourth-order valence-corrected chi connectivity index (χ4v) is 6.61. The molecule has 2 nitrogen and oxygen atoms in total. The third-order valence-electron chi connectivity index (χ3n) is 8.00. The zero-order valence-electron chi connectivity index (χ0n) is 14.9. The lowest BCUT2D eigenvalue weighted by Crippen LogP contribution is -2.48. The Morgan fingerprint density at radius 2 is 2.00 bits per heavy atom. The molecule has 0 bridgehead atoms. The van der Waals surface area contributed by atoms with Crippen molar-refractivity contribution in [1.82, 2.24) is 0 Å². The van der Waals surface area contributed by atoms with Crippen LogP contribution in [0.25, 0.3) is 0 Å². The number of rotatable bonds is 1. The van der Waals surface area contributed by atoms with Crippen molar-refractivity contribution in [2.75, 3.05) is 7.11 Å². The van der Waals surface area contributed by atoms with Gasteiger partial charge >= 0.3 is 5.97 Å². The Hall–Kier alpha value is -1.05. The first-order chi connectivity index (χ1) is 11.0. The summed E-state index contributed by atoms with van der Waals surface area (Å²) in [5, 5.41) is 0. The normalized spacial score (nSPS) is 45.3. The maximum atomic E-state index is 11.9. The van der Waals surface area contributed by atoms with Gasteiger partial charge in [0.25, 0.3) is 0 Å². The predicted molar refractivity (Wildman–Crippen MR) is 91.8 cm³/mol. The molecule has 2 saturated carbocycles. The van der Waals surface area contributed by atoms with Crippen molar-refractivity contribution in [1.29, 1.82) is 0 Å². The molecule has 0 heterocycles. The van der Waals surface area contributed by atoms with Crippen molar-refractivity contribution in [2.45, 2.75) is 65.2 Å². The fourth-order valence-electron chi connectivity index (χ4n) is 6.61. The number of hydrogen-bond acceptors (Lipinski definition) is 2. The Kier molecular flexibility index (Phi) is 3.52. The van der Waals surface area contributed by atoms with Crippen molar-refractivity contribution >= 4 is 5.97 Å². The van der Waals surface area contributed by atoms with Gasteiger partial charge in [-0.2, -0.15) is 0 Å². The number of ether oxygens (including phenoxy) is 1. The molecule has 0 spiro atoms. The van der Waals surface area contributed by atoms with Crippen LogP contribution in [0.4, 0.5) is 0 Å². The van der Waals surface area contributed by atoms with E-state index >= 15 is 0 Å². The van der Waals surface area contributed by atoms with E-state index in [1.807, 2.05) is 0 Å². The summed E-state index contributed by atoms with van der Waals surface area (Å²) in [5.41, 5.74) is 3.19. The zero-order chi connectivity index (χ0) is 16.2. The Labute approximate surface area is 140 Å². The van der Waals surface area contributed by atoms with Crippen molar-refractivity contribution in [2.24, 2.45) is 28.6 Å². The van der Waals surface area contributed by atoms with E-state index in [2.05, 4.69) is 26.0 Å². The third kappa shape index (κ3) is 2.16. The summed E-state index contributed by atoms with van der Waals surface area (Å²) in [6.07, 6.45) is 15.0. The number of carbonyl (C=O) groups excluding carboxylic acids is 1. The summed E-state index contributed by atoms with van der Waals surface area (Å²) in [6, 6.07) is 0. The predicted octanol–water partition coefficient (Wildman–Crippen LogP) is 5.05. The molecule has 4 rings (SSSR count). The van der Waals surface area contributed by atoms with E-state index in [1.165, 1.54) is 51.2 Å². The van der Waals surface area contributed by atoms with Gasteiger partial charge in [-0.15, -0.1) is 0 Å². The molecule has 0 aromatic carbocycles. The highest BCUT2D eigenvalue weighted by Crippen LogP contribution is 2.64. The lowest BCUT2D eigenvalue weighted by molar-refractivity contribution is -0.136. The maximum Gasteiger partial charge on any atom is 0.333 e. The van der Waals surface area contributed by atoms with Crippen LogP contribution in [0.15, 0.2) is 23.3 Å². The number of allylic oxidation sites excluding steroid dienone is 3. The standard InChI is InChI=1S/C21H30O2/c1-20-10-4-5-17(20)16-7-6-15-13-14(19(22)23-3)8-12-21(15,2)18(16)9-11-20/h6,13,16-18H,4-5,7-12H2,1-3H3/t16-,17-,18-,20-,21-/m0/s1. The lowest BCUT2D eigenvalue weighted by atomic mass is 9.48. The van der Waals surface area contributed by atoms with Gasteiger partial charge in [0, 0.05) is 5.57 Å². The van der Waals surface area contributed by atoms with Crippen LogP contribution in [0.3, 0.4) is 0 Å². The SMILES string of the molecule is COC(=O)C1=CC2=CC[C@H]3[C@@H]4CCC[C@@]4(C)CC[C@@H]3[C@@]2(C)CC1. The molecule has 0 aromatic heterocycles. The molecule has 0 aliphatic heterocycles. The zero-order valence-corrected chi connectivity index (χ0v) is 14.9. The summed E-state index contributed by atoms with van der Waals surface area (Å²) in [7, 11) is 1.49. The molecule has 0 unspecified atom stereocenters. The Balaban J connectivity index is 1.67. The molecule has 2 heteroatoms. The third-order valence-corrected chi connectivity index (χ3v) is 8.00. The van der Waals surface area contributed by atoms with Gasteiger partial charge in [0.1, 0.15) is 0 Å². The van der Waals surface area contributed by atoms with Gasteiger partial charge in [-0.3, -0.25) is 0 Å². The highest BCUT2D eigenvalue weighted by atomic mass is 16.5. The van der Waals surface area contributed by atoms with Crippen LogP contribution in [0.1, 0.15) is 65.2 Å². The van der Waals surface area contributed by atoms with Crippen LogP contribution >= 0.6 is 0 Å². The molecule has 2 fully saturated rings. The molecular formula is C21H30O2. The molecule has 0 radical (unpaired) electrons. The van der Waals surface area contributed by atoms with Crippen LogP contribution in [0, 0.1) is 28.6 Å². The van der Waals surface area contributed by atoms with Gasteiger partial charge in [0.05, 0.1) is 7.11 Å². The van der Waals surface area contributed by atoms with Crippen LogP contribution in [-0.2, 0) is 9.53 Å². The highest BCUT2D eigenvalue weighted by molar-refractivity contribution is 5.89. The van der Waals surface area contributed by atoms with E-state index in [4.69, 9.17) is 4.74 Å². The van der Waals surface area contributed by atoms with Crippen LogP contribution < -0.4 is 0 Å². The number of esters is 1. The van der Waals surface area contributed by atoms with E-state index in [0.29, 0.717) is 5.41 Å². The summed E-state index contributed by atoms with van der Waals surface area (Å²) < 4.78 is 4.94. The summed E-state index contributed by atoms with van der Waals surface area (Å²) in [6.45, 7) is 5.02. The molecule has 126 valence electrons. The second kappa shape index (κ2) is 5.22. The van der Waals surface area contributed by atoms with E-state index in [-0.39, 0.29) is 11.4 Å². The lowest BCUT2D eigenvalue weighted by Gasteiger charge is -2.56. The van der Waals surface area contributed by atoms with Crippen molar-refractivity contribution < 1.29 is 9.53 Å². The quantitative estimate of drug-likeness (QED) is 0.633. The number of methoxy groups -OCH3 is 1. The second-order valence-electron chi connectivity index (χ2n) is 8.94. The summed E-state index contributed by atoms with van der Waals surface area (Å²) in [4.78, 5) is 11.9. The first-order valence-electron chi connectivity index (χ1n) is 9.47. The number of fused-ring (bicyclic) bond motifs is 5. The monoisotopic (exact) mass is 314 g/mol. The second-order valence-corrected chi connectivity index (χ2v) is 8.94. The van der Waals surface area contributed by atoms with Crippen LogP contribution in [0.5, 0.6) is 0 Å². The molecule has 0 aromatic rings. The van der Waals surface area contributed by atoms with Crippen LogP contribution in [-0.4, -0.2) is 13.1 Å². The molecule has 4 aliphatic carbocycles. The molecule has 5 atom stereocenters. The van der Waals surface area contributed by atoms with Gasteiger partial charge in [0.2, 0.25) is 0 Å². The topological polar surface area (TPSA) is 26.3 Å². The number of hydrogen-bond donors (Lipinski definition) is 0. The Bertz CT molecular complexity index is 587. The van der Waals surface area contributed by atoms with E-state index in [0.717, 1.165) is 36.2 Å². The highest BCUT2D eigenvalue weighted by Gasteiger charge is 2.55. The van der Waals surface area contributed by atoms with Gasteiger partial charge < -0.3 is 4.74 Å². The van der Waals surface area contributed by atoms with E-state index < -0.39 is 0 Å². The molecule has 23 heavy (non-hydrogen) atoms. The maximum absolute atomic E-state index is 11.9. The van der Waals surface area contributed by atoms with Gasteiger partial charge in [-0.1, -0.05) is 26.3 Å². The van der Waals surface area contributed by atoms with Crippen molar-refractivity contribution in [3.05, 3.63) is 23.3 Å². The minimum atomic E-state index is -0.137. The van der Waals surface area contributed by atoms with Crippen molar-refractivity contribution in [3.63, 3.8) is 0 Å². The van der Waals surface area contributed by atoms with Gasteiger partial charge in [0.15, 0.2) is 0 Å². The molecule has 0 N–H and O–H groups in total. The molecule has 0 amide bonds. The van der Waals surface area contributed by atoms with Crippen LogP contribution in [0.2, 0.25) is 0 Å². The largest absolute Gasteiger partial charge is 0.466 e. The first-order valence-corrected chi connectivity index (χ1v) is 9.47.